The summed E-state index contributed by atoms with van der Waals surface area (Å²) in [6, 6.07) is 4.03. The molecule has 0 spiro atoms. The van der Waals surface area contributed by atoms with Gasteiger partial charge in [0.25, 0.3) is 0 Å². The van der Waals surface area contributed by atoms with Crippen molar-refractivity contribution in [3.05, 3.63) is 29.0 Å². The first-order valence-corrected chi connectivity index (χ1v) is 9.06. The molecule has 0 aliphatic rings. The summed E-state index contributed by atoms with van der Waals surface area (Å²) in [6.07, 6.45) is 0. The molecule has 0 bridgehead atoms. The standard InChI is InChI=1S/C14H16ClFN4O2S2/c1-8(12(21)18-9-3-4-11(16)10(15)7-9)23-14-20-19-13(24-14)17-5-6-22-2/h3-4,7-8H,5-6H2,1-2H3,(H,17,19)(H,18,21)/t8-/m1/s1. The summed E-state index contributed by atoms with van der Waals surface area (Å²) in [6.45, 7) is 2.96. The molecule has 24 heavy (non-hydrogen) atoms. The van der Waals surface area contributed by atoms with Crippen molar-refractivity contribution in [3.63, 3.8) is 0 Å². The normalized spacial score (nSPS) is 12.0. The number of halogens is 2. The third kappa shape index (κ3) is 5.59. The molecule has 1 atom stereocenters. The van der Waals surface area contributed by atoms with Gasteiger partial charge >= 0.3 is 0 Å². The molecule has 130 valence electrons. The monoisotopic (exact) mass is 390 g/mol. The van der Waals surface area contributed by atoms with Gasteiger partial charge in [0.05, 0.1) is 16.9 Å². The molecule has 0 unspecified atom stereocenters. The van der Waals surface area contributed by atoms with Gasteiger partial charge in [0.15, 0.2) is 4.34 Å². The summed E-state index contributed by atoms with van der Waals surface area (Å²) >= 11 is 8.35. The number of aromatic nitrogens is 2. The van der Waals surface area contributed by atoms with E-state index in [4.69, 9.17) is 16.3 Å². The Kier molecular flexibility index (Phi) is 7.22. The number of rotatable bonds is 8. The van der Waals surface area contributed by atoms with Crippen molar-refractivity contribution in [1.29, 1.82) is 0 Å². The van der Waals surface area contributed by atoms with Crippen LogP contribution in [0.5, 0.6) is 0 Å². The van der Waals surface area contributed by atoms with Crippen LogP contribution >= 0.6 is 34.7 Å². The van der Waals surface area contributed by atoms with Gasteiger partial charge in [-0.25, -0.2) is 4.39 Å². The number of carbonyl (C=O) groups excluding carboxylic acids is 1. The summed E-state index contributed by atoms with van der Waals surface area (Å²) in [4.78, 5) is 12.2. The van der Waals surface area contributed by atoms with Crippen molar-refractivity contribution in [1.82, 2.24) is 10.2 Å². The van der Waals surface area contributed by atoms with Gasteiger partial charge in [-0.05, 0) is 25.1 Å². The van der Waals surface area contributed by atoms with Gasteiger partial charge in [0.2, 0.25) is 11.0 Å². The first-order chi connectivity index (χ1) is 11.5. The molecule has 2 aromatic rings. The lowest BCUT2D eigenvalue weighted by atomic mass is 10.3. The zero-order valence-electron chi connectivity index (χ0n) is 13.0. The SMILES string of the molecule is COCCNc1nnc(S[C@H](C)C(=O)Nc2ccc(F)c(Cl)c2)s1. The van der Waals surface area contributed by atoms with Crippen LogP contribution in [-0.4, -0.2) is 41.6 Å². The molecule has 0 radical (unpaired) electrons. The first kappa shape index (κ1) is 18.9. The fourth-order valence-corrected chi connectivity index (χ4v) is 3.71. The van der Waals surface area contributed by atoms with Gasteiger partial charge < -0.3 is 15.4 Å². The molecule has 0 aliphatic carbocycles. The van der Waals surface area contributed by atoms with E-state index in [0.717, 1.165) is 0 Å². The smallest absolute Gasteiger partial charge is 0.237 e. The van der Waals surface area contributed by atoms with Crippen LogP contribution in [-0.2, 0) is 9.53 Å². The van der Waals surface area contributed by atoms with Gasteiger partial charge in [0, 0.05) is 19.3 Å². The van der Waals surface area contributed by atoms with Gasteiger partial charge in [-0.1, -0.05) is 34.7 Å². The Balaban J connectivity index is 1.88. The molecule has 2 rings (SSSR count). The van der Waals surface area contributed by atoms with Crippen molar-refractivity contribution in [3.8, 4) is 0 Å². The van der Waals surface area contributed by atoms with Crippen LogP contribution in [0.25, 0.3) is 0 Å². The number of carbonyl (C=O) groups is 1. The minimum atomic E-state index is -0.528. The lowest BCUT2D eigenvalue weighted by Crippen LogP contribution is -2.22. The van der Waals surface area contributed by atoms with Gasteiger partial charge in [0.1, 0.15) is 5.82 Å². The molecule has 1 heterocycles. The molecule has 2 N–H and O–H groups in total. The number of nitrogens with zero attached hydrogens (tertiary/aromatic N) is 2. The molecule has 0 saturated heterocycles. The van der Waals surface area contributed by atoms with Crippen LogP contribution in [0, 0.1) is 5.82 Å². The Labute approximate surface area is 152 Å². The number of amides is 1. The number of anilines is 2. The third-order valence-electron chi connectivity index (χ3n) is 2.82. The number of methoxy groups -OCH3 is 1. The predicted octanol–water partition coefficient (Wildman–Crippen LogP) is 3.51. The topological polar surface area (TPSA) is 76.1 Å². The minimum Gasteiger partial charge on any atom is -0.383 e. The Hall–Kier alpha value is -1.42. The number of hydrogen-bond donors (Lipinski definition) is 2. The molecule has 10 heteroatoms. The number of thioether (sulfide) groups is 1. The molecular weight excluding hydrogens is 375 g/mol. The van der Waals surface area contributed by atoms with Gasteiger partial charge in [-0.3, -0.25) is 4.79 Å². The molecule has 0 aliphatic heterocycles. The largest absolute Gasteiger partial charge is 0.383 e. The van der Waals surface area contributed by atoms with Crippen LogP contribution in [0.1, 0.15) is 6.92 Å². The Bertz CT molecular complexity index is 701. The van der Waals surface area contributed by atoms with E-state index in [1.807, 2.05) is 0 Å². The number of ether oxygens (including phenoxy) is 1. The molecule has 1 amide bonds. The van der Waals surface area contributed by atoms with E-state index in [1.54, 1.807) is 14.0 Å². The highest BCUT2D eigenvalue weighted by atomic mass is 35.5. The number of benzene rings is 1. The fourth-order valence-electron chi connectivity index (χ4n) is 1.61. The van der Waals surface area contributed by atoms with Crippen LogP contribution < -0.4 is 10.6 Å². The lowest BCUT2D eigenvalue weighted by Gasteiger charge is -2.10. The summed E-state index contributed by atoms with van der Waals surface area (Å²) in [5.74, 6) is -0.758. The van der Waals surface area contributed by atoms with E-state index in [2.05, 4.69) is 20.8 Å². The van der Waals surface area contributed by atoms with Crippen LogP contribution in [0.2, 0.25) is 5.02 Å². The van der Waals surface area contributed by atoms with Gasteiger partial charge in [-0.15, -0.1) is 10.2 Å². The maximum absolute atomic E-state index is 13.1. The molecule has 1 aromatic carbocycles. The highest BCUT2D eigenvalue weighted by Gasteiger charge is 2.17. The maximum Gasteiger partial charge on any atom is 0.237 e. The zero-order chi connectivity index (χ0) is 17.5. The van der Waals surface area contributed by atoms with Crippen molar-refractivity contribution < 1.29 is 13.9 Å². The molecule has 0 fully saturated rings. The Morgan fingerprint density at radius 2 is 2.29 bits per heavy atom. The average molecular weight is 391 g/mol. The predicted molar refractivity (Wildman–Crippen MR) is 95.6 cm³/mol. The van der Waals surface area contributed by atoms with E-state index in [1.165, 1.54) is 41.3 Å². The second-order valence-electron chi connectivity index (χ2n) is 4.67. The molecular formula is C14H16ClFN4O2S2. The van der Waals surface area contributed by atoms with E-state index in [0.29, 0.717) is 28.3 Å². The van der Waals surface area contributed by atoms with Crippen molar-refractivity contribution >= 4 is 51.4 Å². The highest BCUT2D eigenvalue weighted by Crippen LogP contribution is 2.29. The van der Waals surface area contributed by atoms with E-state index in [9.17, 15) is 9.18 Å². The average Bonchev–Trinajstić information content (AvgIpc) is 2.98. The van der Waals surface area contributed by atoms with Gasteiger partial charge in [-0.2, -0.15) is 0 Å². The van der Waals surface area contributed by atoms with Crippen LogP contribution in [0.3, 0.4) is 0 Å². The van der Waals surface area contributed by atoms with Crippen LogP contribution in [0.15, 0.2) is 22.5 Å². The van der Waals surface area contributed by atoms with Crippen molar-refractivity contribution in [2.24, 2.45) is 0 Å². The lowest BCUT2D eigenvalue weighted by molar-refractivity contribution is -0.115. The highest BCUT2D eigenvalue weighted by molar-refractivity contribution is 8.02. The summed E-state index contributed by atoms with van der Waals surface area (Å²) in [5, 5.41) is 14.0. The fraction of sp³-hybridized carbons (Fsp3) is 0.357. The van der Waals surface area contributed by atoms with Crippen molar-refractivity contribution in [2.45, 2.75) is 16.5 Å². The summed E-state index contributed by atoms with van der Waals surface area (Å²) in [7, 11) is 1.62. The number of hydrogen-bond acceptors (Lipinski definition) is 7. The molecule has 1 aromatic heterocycles. The second kappa shape index (κ2) is 9.16. The zero-order valence-corrected chi connectivity index (χ0v) is 15.4. The molecule has 0 saturated carbocycles. The van der Waals surface area contributed by atoms with E-state index in [-0.39, 0.29) is 10.9 Å². The minimum absolute atomic E-state index is 0.0380. The first-order valence-electron chi connectivity index (χ1n) is 6.98. The third-order valence-corrected chi connectivity index (χ3v) is 5.18. The Morgan fingerprint density at radius 3 is 3.00 bits per heavy atom. The summed E-state index contributed by atoms with van der Waals surface area (Å²) in [5.41, 5.74) is 0.443. The Morgan fingerprint density at radius 1 is 1.50 bits per heavy atom. The number of nitrogens with one attached hydrogen (secondary N) is 2. The maximum atomic E-state index is 13.1. The molecule has 6 nitrogen and oxygen atoms in total. The van der Waals surface area contributed by atoms with E-state index < -0.39 is 11.1 Å². The second-order valence-corrected chi connectivity index (χ2v) is 7.64. The van der Waals surface area contributed by atoms with Crippen molar-refractivity contribution in [2.75, 3.05) is 30.9 Å². The van der Waals surface area contributed by atoms with Crippen LogP contribution in [0.4, 0.5) is 15.2 Å². The quantitative estimate of drug-likeness (QED) is 0.530. The summed E-state index contributed by atoms with van der Waals surface area (Å²) < 4.78 is 18.7. The van der Waals surface area contributed by atoms with E-state index >= 15 is 0 Å².